The van der Waals surface area contributed by atoms with Crippen LogP contribution in [0.1, 0.15) is 12.0 Å². The van der Waals surface area contributed by atoms with Crippen molar-refractivity contribution in [3.63, 3.8) is 0 Å². The van der Waals surface area contributed by atoms with Crippen molar-refractivity contribution in [3.05, 3.63) is 23.8 Å². The lowest BCUT2D eigenvalue weighted by molar-refractivity contribution is -0.120. The Morgan fingerprint density at radius 2 is 2.20 bits per heavy atom. The standard InChI is InChI=1S/C15H21N3O2/c1-17-13-9-12(3-4-14(13)20-11-15(17)19)10-18-7-2-5-16-6-8-18/h3-4,9,16H,2,5-8,10-11H2,1H3. The first-order valence-electron chi connectivity index (χ1n) is 7.19. The minimum Gasteiger partial charge on any atom is -0.482 e. The molecule has 0 spiro atoms. The van der Waals surface area contributed by atoms with Crippen LogP contribution < -0.4 is 15.0 Å². The summed E-state index contributed by atoms with van der Waals surface area (Å²) in [7, 11) is 1.81. The lowest BCUT2D eigenvalue weighted by Crippen LogP contribution is -2.35. The predicted molar refractivity (Wildman–Crippen MR) is 78.1 cm³/mol. The van der Waals surface area contributed by atoms with Crippen molar-refractivity contribution in [1.29, 1.82) is 0 Å². The fourth-order valence-corrected chi connectivity index (χ4v) is 2.73. The largest absolute Gasteiger partial charge is 0.482 e. The Morgan fingerprint density at radius 1 is 1.30 bits per heavy atom. The summed E-state index contributed by atoms with van der Waals surface area (Å²) < 4.78 is 5.46. The van der Waals surface area contributed by atoms with Crippen LogP contribution in [0.15, 0.2) is 18.2 Å². The molecular formula is C15H21N3O2. The van der Waals surface area contributed by atoms with E-state index < -0.39 is 0 Å². The fraction of sp³-hybridized carbons (Fsp3) is 0.533. The Labute approximate surface area is 119 Å². The summed E-state index contributed by atoms with van der Waals surface area (Å²) in [5, 5.41) is 3.41. The fourth-order valence-electron chi connectivity index (χ4n) is 2.73. The van der Waals surface area contributed by atoms with Crippen molar-refractivity contribution in [2.75, 3.05) is 44.7 Å². The van der Waals surface area contributed by atoms with Crippen LogP contribution in [0, 0.1) is 0 Å². The molecule has 0 aliphatic carbocycles. The molecule has 5 nitrogen and oxygen atoms in total. The molecule has 1 amide bonds. The summed E-state index contributed by atoms with van der Waals surface area (Å²) in [4.78, 5) is 15.8. The van der Waals surface area contributed by atoms with E-state index >= 15 is 0 Å². The minimum atomic E-state index is 0.00798. The summed E-state index contributed by atoms with van der Waals surface area (Å²) in [5.74, 6) is 0.807. The van der Waals surface area contributed by atoms with Gasteiger partial charge in [0, 0.05) is 26.7 Å². The van der Waals surface area contributed by atoms with E-state index in [0.29, 0.717) is 0 Å². The molecule has 5 heteroatoms. The normalized spacial score (nSPS) is 20.2. The van der Waals surface area contributed by atoms with E-state index in [1.165, 1.54) is 12.0 Å². The number of hydrogen-bond acceptors (Lipinski definition) is 4. The Hall–Kier alpha value is -1.59. The van der Waals surface area contributed by atoms with E-state index in [9.17, 15) is 4.79 Å². The van der Waals surface area contributed by atoms with Crippen LogP contribution in [0.5, 0.6) is 5.75 Å². The van der Waals surface area contributed by atoms with Crippen LogP contribution in [-0.2, 0) is 11.3 Å². The van der Waals surface area contributed by atoms with Crippen molar-refractivity contribution in [3.8, 4) is 5.75 Å². The van der Waals surface area contributed by atoms with Crippen LogP contribution in [-0.4, -0.2) is 50.6 Å². The SMILES string of the molecule is CN1C(=O)COc2ccc(CN3CCCNCC3)cc21. The highest BCUT2D eigenvalue weighted by atomic mass is 16.5. The Kier molecular flexibility index (Phi) is 3.89. The average molecular weight is 275 g/mol. The second kappa shape index (κ2) is 5.81. The zero-order valence-corrected chi connectivity index (χ0v) is 11.9. The molecule has 1 saturated heterocycles. The van der Waals surface area contributed by atoms with Gasteiger partial charge in [-0.05, 0) is 37.2 Å². The molecule has 1 N–H and O–H groups in total. The summed E-state index contributed by atoms with van der Waals surface area (Å²) in [6.45, 7) is 5.41. The van der Waals surface area contributed by atoms with Crippen molar-refractivity contribution in [2.45, 2.75) is 13.0 Å². The molecule has 1 aromatic carbocycles. The maximum absolute atomic E-state index is 11.7. The first kappa shape index (κ1) is 13.4. The molecule has 0 bridgehead atoms. The molecule has 0 saturated carbocycles. The van der Waals surface area contributed by atoms with Gasteiger partial charge in [-0.2, -0.15) is 0 Å². The highest BCUT2D eigenvalue weighted by Gasteiger charge is 2.22. The smallest absolute Gasteiger partial charge is 0.264 e. The Balaban J connectivity index is 1.76. The number of benzene rings is 1. The zero-order chi connectivity index (χ0) is 13.9. The van der Waals surface area contributed by atoms with E-state index in [0.717, 1.165) is 44.2 Å². The molecular weight excluding hydrogens is 254 g/mol. The molecule has 0 radical (unpaired) electrons. The number of carbonyl (C=O) groups excluding carboxylic acids is 1. The number of ether oxygens (including phenoxy) is 1. The lowest BCUT2D eigenvalue weighted by atomic mass is 10.1. The topological polar surface area (TPSA) is 44.8 Å². The summed E-state index contributed by atoms with van der Waals surface area (Å²) in [6.07, 6.45) is 1.19. The lowest BCUT2D eigenvalue weighted by Gasteiger charge is -2.27. The van der Waals surface area contributed by atoms with Gasteiger partial charge in [0.15, 0.2) is 6.61 Å². The minimum absolute atomic E-state index is 0.00798. The Bertz CT molecular complexity index is 496. The van der Waals surface area contributed by atoms with Gasteiger partial charge in [-0.15, -0.1) is 0 Å². The van der Waals surface area contributed by atoms with Crippen molar-refractivity contribution in [1.82, 2.24) is 10.2 Å². The number of likely N-dealkylation sites (N-methyl/N-ethyl adjacent to an activating group) is 1. The molecule has 108 valence electrons. The van der Waals surface area contributed by atoms with Crippen molar-refractivity contribution < 1.29 is 9.53 Å². The van der Waals surface area contributed by atoms with Crippen molar-refractivity contribution in [2.24, 2.45) is 0 Å². The number of hydrogen-bond donors (Lipinski definition) is 1. The summed E-state index contributed by atoms with van der Waals surface area (Å²) in [5.41, 5.74) is 2.11. The molecule has 3 rings (SSSR count). The van der Waals surface area contributed by atoms with E-state index in [1.807, 2.05) is 13.1 Å². The van der Waals surface area contributed by atoms with Gasteiger partial charge in [-0.1, -0.05) is 6.07 Å². The first-order valence-corrected chi connectivity index (χ1v) is 7.19. The number of anilines is 1. The first-order chi connectivity index (χ1) is 9.74. The van der Waals surface area contributed by atoms with Gasteiger partial charge in [0.25, 0.3) is 5.91 Å². The van der Waals surface area contributed by atoms with Gasteiger partial charge < -0.3 is 15.0 Å². The second-order valence-corrected chi connectivity index (χ2v) is 5.42. The van der Waals surface area contributed by atoms with E-state index in [2.05, 4.69) is 22.3 Å². The number of nitrogens with zero attached hydrogens (tertiary/aromatic N) is 2. The second-order valence-electron chi connectivity index (χ2n) is 5.42. The van der Waals surface area contributed by atoms with Gasteiger partial charge in [0.2, 0.25) is 0 Å². The van der Waals surface area contributed by atoms with Crippen LogP contribution in [0.2, 0.25) is 0 Å². The van der Waals surface area contributed by atoms with E-state index in [-0.39, 0.29) is 12.5 Å². The highest BCUT2D eigenvalue weighted by Crippen LogP contribution is 2.32. The number of amides is 1. The van der Waals surface area contributed by atoms with Crippen LogP contribution in [0.3, 0.4) is 0 Å². The summed E-state index contributed by atoms with van der Waals surface area (Å²) >= 11 is 0. The molecule has 1 aromatic rings. The van der Waals surface area contributed by atoms with Crippen LogP contribution in [0.4, 0.5) is 5.69 Å². The number of carbonyl (C=O) groups is 1. The van der Waals surface area contributed by atoms with Gasteiger partial charge in [-0.3, -0.25) is 9.69 Å². The molecule has 20 heavy (non-hydrogen) atoms. The van der Waals surface area contributed by atoms with E-state index in [1.54, 1.807) is 4.90 Å². The third kappa shape index (κ3) is 2.78. The number of nitrogens with one attached hydrogen (secondary N) is 1. The molecule has 2 aliphatic rings. The molecule has 0 aromatic heterocycles. The number of rotatable bonds is 2. The highest BCUT2D eigenvalue weighted by molar-refractivity contribution is 5.97. The maximum Gasteiger partial charge on any atom is 0.264 e. The van der Waals surface area contributed by atoms with Crippen molar-refractivity contribution >= 4 is 11.6 Å². The van der Waals surface area contributed by atoms with Gasteiger partial charge in [0.05, 0.1) is 5.69 Å². The molecule has 1 fully saturated rings. The van der Waals surface area contributed by atoms with Gasteiger partial charge >= 0.3 is 0 Å². The van der Waals surface area contributed by atoms with Crippen LogP contribution >= 0.6 is 0 Å². The third-order valence-electron chi connectivity index (χ3n) is 3.95. The Morgan fingerprint density at radius 3 is 3.10 bits per heavy atom. The molecule has 2 aliphatic heterocycles. The monoisotopic (exact) mass is 275 g/mol. The average Bonchev–Trinajstić information content (AvgIpc) is 2.72. The molecule has 2 heterocycles. The van der Waals surface area contributed by atoms with Gasteiger partial charge in [-0.25, -0.2) is 0 Å². The number of fused-ring (bicyclic) bond motifs is 1. The van der Waals surface area contributed by atoms with Crippen LogP contribution in [0.25, 0.3) is 0 Å². The predicted octanol–water partition coefficient (Wildman–Crippen LogP) is 0.837. The molecule has 0 atom stereocenters. The zero-order valence-electron chi connectivity index (χ0n) is 11.9. The maximum atomic E-state index is 11.7. The summed E-state index contributed by atoms with van der Waals surface area (Å²) in [6, 6.07) is 6.15. The molecule has 0 unspecified atom stereocenters. The van der Waals surface area contributed by atoms with E-state index in [4.69, 9.17) is 4.74 Å². The third-order valence-corrected chi connectivity index (χ3v) is 3.95. The quantitative estimate of drug-likeness (QED) is 0.868. The van der Waals surface area contributed by atoms with Gasteiger partial charge in [0.1, 0.15) is 5.75 Å².